The zero-order valence-electron chi connectivity index (χ0n) is 9.59. The number of hydrogen-bond donors (Lipinski definition) is 2. The highest BCUT2D eigenvalue weighted by molar-refractivity contribution is 7.86. The van der Waals surface area contributed by atoms with Gasteiger partial charge in [0.15, 0.2) is 12.4 Å². The van der Waals surface area contributed by atoms with E-state index in [1.54, 1.807) is 0 Å². The highest BCUT2D eigenvalue weighted by Gasteiger charge is 2.43. The van der Waals surface area contributed by atoms with Crippen molar-refractivity contribution in [2.75, 3.05) is 19.1 Å². The predicted molar refractivity (Wildman–Crippen MR) is 57.4 cm³/mol. The van der Waals surface area contributed by atoms with Crippen molar-refractivity contribution in [2.45, 2.75) is 24.6 Å². The van der Waals surface area contributed by atoms with Crippen LogP contribution in [0.5, 0.6) is 0 Å². The van der Waals surface area contributed by atoms with Gasteiger partial charge in [-0.25, -0.2) is 0 Å². The quantitative estimate of drug-likeness (QED) is 0.535. The molecule has 0 aliphatic carbocycles. The van der Waals surface area contributed by atoms with Gasteiger partial charge in [0.25, 0.3) is 20.2 Å². The van der Waals surface area contributed by atoms with Gasteiger partial charge in [-0.1, -0.05) is 0 Å². The summed E-state index contributed by atoms with van der Waals surface area (Å²) < 4.78 is 57.3. The minimum absolute atomic E-state index is 0.418. The molecule has 0 aromatic carbocycles. The maximum atomic E-state index is 10.9. The summed E-state index contributed by atoms with van der Waals surface area (Å²) in [5, 5.41) is 19.0. The van der Waals surface area contributed by atoms with E-state index in [9.17, 15) is 27.0 Å². The van der Waals surface area contributed by atoms with Crippen LogP contribution in [0.4, 0.5) is 0 Å². The molecule has 0 unspecified atom stereocenters. The fourth-order valence-corrected chi connectivity index (χ4v) is 2.61. The van der Waals surface area contributed by atoms with Crippen LogP contribution < -0.4 is 0 Å². The van der Waals surface area contributed by atoms with Gasteiger partial charge in [0, 0.05) is 0 Å². The summed E-state index contributed by atoms with van der Waals surface area (Å²) >= 11 is 0. The van der Waals surface area contributed by atoms with Crippen molar-refractivity contribution in [3.05, 3.63) is 0 Å². The van der Waals surface area contributed by atoms with Crippen LogP contribution in [0.3, 0.4) is 0 Å². The van der Waals surface area contributed by atoms with E-state index in [-0.39, 0.29) is 0 Å². The molecule has 1 heterocycles. The van der Waals surface area contributed by atoms with E-state index >= 15 is 0 Å². The van der Waals surface area contributed by atoms with Gasteiger partial charge >= 0.3 is 0 Å². The van der Waals surface area contributed by atoms with Crippen LogP contribution in [0.15, 0.2) is 0 Å². The maximum absolute atomic E-state index is 10.9. The first-order valence-corrected chi connectivity index (χ1v) is 8.37. The van der Waals surface area contributed by atoms with Crippen molar-refractivity contribution in [3.63, 3.8) is 0 Å². The molecular weight excluding hydrogens is 292 g/mol. The second kappa shape index (κ2) is 5.36. The van der Waals surface area contributed by atoms with E-state index in [4.69, 9.17) is 0 Å². The first kappa shape index (κ1) is 15.8. The number of hydrogen-bond acceptors (Lipinski definition) is 9. The Morgan fingerprint density at radius 3 is 2.00 bits per heavy atom. The Kier molecular flexibility index (Phi) is 4.70. The average Bonchev–Trinajstić information content (AvgIpc) is 2.14. The van der Waals surface area contributed by atoms with Gasteiger partial charge in [-0.2, -0.15) is 16.8 Å². The third kappa shape index (κ3) is 4.76. The minimum atomic E-state index is -3.96. The largest absolute Gasteiger partial charge is 0.387 e. The van der Waals surface area contributed by atoms with Crippen LogP contribution in [0.1, 0.15) is 0 Å². The normalized spacial score (nSPS) is 34.4. The minimum Gasteiger partial charge on any atom is -0.387 e. The van der Waals surface area contributed by atoms with Crippen molar-refractivity contribution in [3.8, 4) is 0 Å². The highest BCUT2D eigenvalue weighted by atomic mass is 32.2. The molecule has 1 aliphatic rings. The van der Waals surface area contributed by atoms with Gasteiger partial charge in [0.05, 0.1) is 19.1 Å². The summed E-state index contributed by atoms with van der Waals surface area (Å²) in [6, 6.07) is 0. The van der Waals surface area contributed by atoms with Crippen LogP contribution in [0.25, 0.3) is 0 Å². The van der Waals surface area contributed by atoms with E-state index < -0.39 is 51.4 Å². The van der Waals surface area contributed by atoms with Crippen molar-refractivity contribution >= 4 is 20.2 Å². The molecule has 0 amide bonds. The molecule has 0 saturated carbocycles. The molecule has 1 saturated heterocycles. The molecular formula is C7H14O9S2. The standard InChI is InChI=1S/C7H14O9S2/c1-17(10,11)15-4-3-14-7(9)6(5(4)8)16-18(2,12)13/h4-9H,3H2,1-2H3/t4-,5+,6-,7+/m1/s1. The Morgan fingerprint density at radius 2 is 1.56 bits per heavy atom. The lowest BCUT2D eigenvalue weighted by Gasteiger charge is -2.35. The second-order valence-corrected chi connectivity index (χ2v) is 7.02. The van der Waals surface area contributed by atoms with E-state index in [1.165, 1.54) is 0 Å². The number of aliphatic hydroxyl groups excluding tert-OH is 2. The number of aliphatic hydroxyl groups is 2. The summed E-state index contributed by atoms with van der Waals surface area (Å²) in [5.41, 5.74) is 0. The van der Waals surface area contributed by atoms with E-state index in [1.807, 2.05) is 0 Å². The Hall–Kier alpha value is -0.300. The van der Waals surface area contributed by atoms with Gasteiger partial charge < -0.3 is 14.9 Å². The molecule has 0 radical (unpaired) electrons. The summed E-state index contributed by atoms with van der Waals surface area (Å²) in [4.78, 5) is 0. The van der Waals surface area contributed by atoms with Gasteiger partial charge in [-0.05, 0) is 0 Å². The third-order valence-electron chi connectivity index (χ3n) is 2.01. The first-order valence-electron chi connectivity index (χ1n) is 4.74. The fourth-order valence-electron chi connectivity index (χ4n) is 1.38. The zero-order valence-corrected chi connectivity index (χ0v) is 11.2. The monoisotopic (exact) mass is 306 g/mol. The molecule has 1 rings (SSSR count). The van der Waals surface area contributed by atoms with Crippen molar-refractivity contribution in [1.82, 2.24) is 0 Å². The first-order chi connectivity index (χ1) is 7.99. The lowest BCUT2D eigenvalue weighted by atomic mass is 10.1. The molecule has 1 fully saturated rings. The molecule has 0 spiro atoms. The molecule has 9 nitrogen and oxygen atoms in total. The number of rotatable bonds is 4. The van der Waals surface area contributed by atoms with Crippen LogP contribution in [0.2, 0.25) is 0 Å². The van der Waals surface area contributed by atoms with Crippen LogP contribution in [-0.2, 0) is 33.3 Å². The van der Waals surface area contributed by atoms with Crippen LogP contribution >= 0.6 is 0 Å². The van der Waals surface area contributed by atoms with Gasteiger partial charge in [-0.3, -0.25) is 8.37 Å². The molecule has 11 heteroatoms. The molecule has 0 bridgehead atoms. The Balaban J connectivity index is 2.83. The van der Waals surface area contributed by atoms with Gasteiger partial charge in [0.2, 0.25) is 0 Å². The summed E-state index contributed by atoms with van der Waals surface area (Å²) in [6.45, 7) is -0.418. The molecule has 1 aliphatic heterocycles. The fraction of sp³-hybridized carbons (Fsp3) is 1.00. The van der Waals surface area contributed by atoms with Crippen molar-refractivity contribution in [1.29, 1.82) is 0 Å². The Morgan fingerprint density at radius 1 is 1.06 bits per heavy atom. The second-order valence-electron chi connectivity index (χ2n) is 3.82. The van der Waals surface area contributed by atoms with Crippen molar-refractivity contribution < 1.29 is 40.2 Å². The van der Waals surface area contributed by atoms with Gasteiger partial charge in [0.1, 0.15) is 12.2 Å². The van der Waals surface area contributed by atoms with Gasteiger partial charge in [-0.15, -0.1) is 0 Å². The zero-order chi connectivity index (χ0) is 14.1. The Bertz CT molecular complexity index is 481. The Labute approximate surface area is 105 Å². The maximum Gasteiger partial charge on any atom is 0.264 e. The molecule has 18 heavy (non-hydrogen) atoms. The third-order valence-corrected chi connectivity index (χ3v) is 3.18. The van der Waals surface area contributed by atoms with Crippen LogP contribution in [-0.4, -0.2) is 70.8 Å². The summed E-state index contributed by atoms with van der Waals surface area (Å²) in [6.07, 6.45) is -4.90. The lowest BCUT2D eigenvalue weighted by molar-refractivity contribution is -0.238. The predicted octanol–water partition coefficient (Wildman–Crippen LogP) is -2.61. The van der Waals surface area contributed by atoms with E-state index in [0.717, 1.165) is 6.26 Å². The summed E-state index contributed by atoms with van der Waals surface area (Å²) in [7, 11) is -7.83. The molecule has 0 aromatic rings. The SMILES string of the molecule is CS(=O)(=O)O[C@@H]1[C@@H](O)[C@H](OS(C)(=O)=O)CO[C@@H]1O. The average molecular weight is 306 g/mol. The smallest absolute Gasteiger partial charge is 0.264 e. The topological polar surface area (TPSA) is 136 Å². The molecule has 108 valence electrons. The summed E-state index contributed by atoms with van der Waals surface area (Å²) in [5.74, 6) is 0. The van der Waals surface area contributed by atoms with E-state index in [0.29, 0.717) is 6.26 Å². The number of ether oxygens (including phenoxy) is 1. The lowest BCUT2D eigenvalue weighted by Crippen LogP contribution is -2.55. The highest BCUT2D eigenvalue weighted by Crippen LogP contribution is 2.21. The van der Waals surface area contributed by atoms with Crippen molar-refractivity contribution in [2.24, 2.45) is 0 Å². The molecule has 0 aromatic heterocycles. The molecule has 2 N–H and O–H groups in total. The van der Waals surface area contributed by atoms with Crippen LogP contribution in [0, 0.1) is 0 Å². The van der Waals surface area contributed by atoms with E-state index in [2.05, 4.69) is 13.1 Å². The molecule has 4 atom stereocenters.